The Bertz CT molecular complexity index is 1080. The third kappa shape index (κ3) is 2.52. The molecule has 0 aliphatic carbocycles. The SMILES string of the molecule is O=c1[nH]oc2cccc(Nc3cccc(-c4cccc(O)c4)c3)c12. The number of hydrogen-bond donors (Lipinski definition) is 3. The molecule has 3 aromatic carbocycles. The van der Waals surface area contributed by atoms with Crippen molar-refractivity contribution < 1.29 is 9.63 Å². The van der Waals surface area contributed by atoms with E-state index in [0.717, 1.165) is 16.8 Å². The van der Waals surface area contributed by atoms with Crippen molar-refractivity contribution in [1.29, 1.82) is 0 Å². The third-order valence-electron chi connectivity index (χ3n) is 3.83. The van der Waals surface area contributed by atoms with Gasteiger partial charge in [-0.05, 0) is 47.5 Å². The Kier molecular flexibility index (Phi) is 3.31. The molecule has 5 heteroatoms. The highest BCUT2D eigenvalue weighted by Gasteiger charge is 2.09. The van der Waals surface area contributed by atoms with Crippen molar-refractivity contribution in [2.24, 2.45) is 0 Å². The second-order valence-corrected chi connectivity index (χ2v) is 5.47. The van der Waals surface area contributed by atoms with Crippen LogP contribution in [-0.4, -0.2) is 10.3 Å². The topological polar surface area (TPSA) is 78.3 Å². The zero-order valence-electron chi connectivity index (χ0n) is 12.6. The van der Waals surface area contributed by atoms with Gasteiger partial charge in [0, 0.05) is 5.69 Å². The fraction of sp³-hybridized carbons (Fsp3) is 0. The van der Waals surface area contributed by atoms with Crippen molar-refractivity contribution in [1.82, 2.24) is 5.16 Å². The monoisotopic (exact) mass is 318 g/mol. The van der Waals surface area contributed by atoms with Gasteiger partial charge < -0.3 is 14.9 Å². The number of benzene rings is 3. The van der Waals surface area contributed by atoms with E-state index in [4.69, 9.17) is 4.52 Å². The number of aromatic nitrogens is 1. The molecule has 0 saturated heterocycles. The minimum Gasteiger partial charge on any atom is -0.508 e. The Morgan fingerprint density at radius 3 is 2.50 bits per heavy atom. The molecule has 0 saturated carbocycles. The summed E-state index contributed by atoms with van der Waals surface area (Å²) in [5.41, 5.74) is 3.63. The van der Waals surface area contributed by atoms with Gasteiger partial charge in [-0.15, -0.1) is 0 Å². The quantitative estimate of drug-likeness (QED) is 0.528. The second kappa shape index (κ2) is 5.62. The van der Waals surface area contributed by atoms with Crippen molar-refractivity contribution in [2.75, 3.05) is 5.32 Å². The summed E-state index contributed by atoms with van der Waals surface area (Å²) in [4.78, 5) is 11.9. The summed E-state index contributed by atoms with van der Waals surface area (Å²) in [5.74, 6) is 0.223. The number of anilines is 2. The highest BCUT2D eigenvalue weighted by atomic mass is 16.5. The molecule has 0 atom stereocenters. The van der Waals surface area contributed by atoms with E-state index in [-0.39, 0.29) is 11.3 Å². The van der Waals surface area contributed by atoms with Gasteiger partial charge in [0.15, 0.2) is 5.58 Å². The van der Waals surface area contributed by atoms with E-state index in [1.807, 2.05) is 42.5 Å². The Labute approximate surface area is 137 Å². The van der Waals surface area contributed by atoms with E-state index in [1.165, 1.54) is 0 Å². The van der Waals surface area contributed by atoms with Crippen molar-refractivity contribution in [3.05, 3.63) is 77.1 Å². The Morgan fingerprint density at radius 2 is 1.67 bits per heavy atom. The molecule has 0 aliphatic heterocycles. The normalized spacial score (nSPS) is 10.8. The average Bonchev–Trinajstić information content (AvgIpc) is 2.98. The van der Waals surface area contributed by atoms with Gasteiger partial charge in [-0.1, -0.05) is 30.3 Å². The number of nitrogens with one attached hydrogen (secondary N) is 2. The standard InChI is InChI=1S/C19H14N2O3/c22-15-7-2-5-13(11-15)12-4-1-6-14(10-12)20-16-8-3-9-17-18(16)19(23)21-24-17/h1-11,20,22H,(H,21,23). The number of aromatic amines is 1. The smallest absolute Gasteiger partial charge is 0.289 e. The summed E-state index contributed by atoms with van der Waals surface area (Å²) >= 11 is 0. The molecular formula is C19H14N2O3. The number of fused-ring (bicyclic) bond motifs is 1. The predicted octanol–water partition coefficient (Wildman–Crippen LogP) is 4.24. The van der Waals surface area contributed by atoms with Crippen LogP contribution in [0.15, 0.2) is 76.0 Å². The lowest BCUT2D eigenvalue weighted by atomic mass is 10.0. The minimum absolute atomic E-state index is 0.223. The predicted molar refractivity (Wildman–Crippen MR) is 93.7 cm³/mol. The first-order valence-corrected chi connectivity index (χ1v) is 7.47. The minimum atomic E-state index is -0.266. The van der Waals surface area contributed by atoms with Gasteiger partial charge in [0.05, 0.1) is 5.69 Å². The van der Waals surface area contributed by atoms with Crippen LogP contribution in [0.5, 0.6) is 5.75 Å². The Morgan fingerprint density at radius 1 is 0.917 bits per heavy atom. The van der Waals surface area contributed by atoms with Gasteiger partial charge in [-0.25, -0.2) is 0 Å². The summed E-state index contributed by atoms with van der Waals surface area (Å²) in [7, 11) is 0. The van der Waals surface area contributed by atoms with Crippen LogP contribution >= 0.6 is 0 Å². The average molecular weight is 318 g/mol. The van der Waals surface area contributed by atoms with E-state index in [9.17, 15) is 9.90 Å². The molecule has 4 aromatic rings. The van der Waals surface area contributed by atoms with E-state index >= 15 is 0 Å². The van der Waals surface area contributed by atoms with Crippen LogP contribution < -0.4 is 10.9 Å². The summed E-state index contributed by atoms with van der Waals surface area (Å²) in [6.07, 6.45) is 0. The van der Waals surface area contributed by atoms with Gasteiger partial charge in [0.1, 0.15) is 11.1 Å². The number of aromatic hydroxyl groups is 1. The van der Waals surface area contributed by atoms with E-state index in [2.05, 4.69) is 10.5 Å². The zero-order chi connectivity index (χ0) is 16.5. The molecule has 0 bridgehead atoms. The maximum absolute atomic E-state index is 11.9. The van der Waals surface area contributed by atoms with E-state index < -0.39 is 0 Å². The highest BCUT2D eigenvalue weighted by molar-refractivity contribution is 5.91. The fourth-order valence-electron chi connectivity index (χ4n) is 2.72. The molecule has 0 spiro atoms. The van der Waals surface area contributed by atoms with Crippen molar-refractivity contribution >= 4 is 22.3 Å². The molecule has 1 aromatic heterocycles. The Hall–Kier alpha value is -3.47. The highest BCUT2D eigenvalue weighted by Crippen LogP contribution is 2.28. The second-order valence-electron chi connectivity index (χ2n) is 5.47. The van der Waals surface area contributed by atoms with Gasteiger partial charge in [0.2, 0.25) is 0 Å². The van der Waals surface area contributed by atoms with Gasteiger partial charge in [0.25, 0.3) is 5.56 Å². The van der Waals surface area contributed by atoms with Crippen molar-refractivity contribution in [3.8, 4) is 16.9 Å². The molecule has 1 heterocycles. The molecule has 3 N–H and O–H groups in total. The first kappa shape index (κ1) is 14.1. The summed E-state index contributed by atoms with van der Waals surface area (Å²) in [6.45, 7) is 0. The van der Waals surface area contributed by atoms with E-state index in [0.29, 0.717) is 16.7 Å². The van der Waals surface area contributed by atoms with E-state index in [1.54, 1.807) is 24.3 Å². The number of phenolic OH excluding ortho intramolecular Hbond substituents is 1. The van der Waals surface area contributed by atoms with Gasteiger partial charge >= 0.3 is 0 Å². The maximum atomic E-state index is 11.9. The molecule has 5 nitrogen and oxygen atoms in total. The molecular weight excluding hydrogens is 304 g/mol. The lowest BCUT2D eigenvalue weighted by Gasteiger charge is -2.09. The number of hydrogen-bond acceptors (Lipinski definition) is 4. The number of H-pyrrole nitrogens is 1. The molecule has 118 valence electrons. The molecule has 0 unspecified atom stereocenters. The molecule has 0 amide bonds. The summed E-state index contributed by atoms with van der Waals surface area (Å²) in [5, 5.41) is 15.7. The van der Waals surface area contributed by atoms with Crippen LogP contribution in [0.25, 0.3) is 22.1 Å². The van der Waals surface area contributed by atoms with Crippen LogP contribution in [0.4, 0.5) is 11.4 Å². The van der Waals surface area contributed by atoms with Gasteiger partial charge in [-0.3, -0.25) is 4.79 Å². The Balaban J connectivity index is 1.74. The lowest BCUT2D eigenvalue weighted by Crippen LogP contribution is -2.01. The van der Waals surface area contributed by atoms with Crippen LogP contribution in [0.2, 0.25) is 0 Å². The zero-order valence-corrected chi connectivity index (χ0v) is 12.6. The van der Waals surface area contributed by atoms with Crippen LogP contribution in [0.1, 0.15) is 0 Å². The number of rotatable bonds is 3. The molecule has 0 radical (unpaired) electrons. The molecule has 24 heavy (non-hydrogen) atoms. The largest absolute Gasteiger partial charge is 0.508 e. The van der Waals surface area contributed by atoms with Crippen molar-refractivity contribution in [3.63, 3.8) is 0 Å². The van der Waals surface area contributed by atoms with Gasteiger partial charge in [-0.2, -0.15) is 5.16 Å². The van der Waals surface area contributed by atoms with Crippen LogP contribution in [-0.2, 0) is 0 Å². The van der Waals surface area contributed by atoms with Crippen molar-refractivity contribution in [2.45, 2.75) is 0 Å². The number of phenols is 1. The molecule has 0 fully saturated rings. The molecule has 0 aliphatic rings. The summed E-state index contributed by atoms with van der Waals surface area (Å²) < 4.78 is 5.13. The fourth-order valence-corrected chi connectivity index (χ4v) is 2.72. The maximum Gasteiger partial charge on any atom is 0.289 e. The van der Waals surface area contributed by atoms with Crippen LogP contribution in [0, 0.1) is 0 Å². The molecule has 4 rings (SSSR count). The third-order valence-corrected chi connectivity index (χ3v) is 3.83. The first-order chi connectivity index (χ1) is 11.7. The van der Waals surface area contributed by atoms with Crippen LogP contribution in [0.3, 0.4) is 0 Å². The lowest BCUT2D eigenvalue weighted by molar-refractivity contribution is 0.449. The first-order valence-electron chi connectivity index (χ1n) is 7.47. The summed E-state index contributed by atoms with van der Waals surface area (Å²) in [6, 6.07) is 20.2.